The number of aromatic nitrogens is 3. The molecule has 0 aliphatic rings. The Balaban J connectivity index is 2.77. The summed E-state index contributed by atoms with van der Waals surface area (Å²) in [5.74, 6) is -4.97. The minimum absolute atomic E-state index is 0.132. The van der Waals surface area contributed by atoms with E-state index in [0.29, 0.717) is 42.8 Å². The Morgan fingerprint density at radius 1 is 1.22 bits per heavy atom. The average molecular weight is 539 g/mol. The lowest BCUT2D eigenvalue weighted by Gasteiger charge is -2.22. The number of nitrogens with one attached hydrogen (secondary N) is 1. The number of rotatable bonds is 10. The molecule has 0 bridgehead atoms. The van der Waals surface area contributed by atoms with Crippen LogP contribution in [-0.4, -0.2) is 55.4 Å². The molecule has 0 amide bonds. The van der Waals surface area contributed by atoms with Crippen molar-refractivity contribution < 1.29 is 31.1 Å². The number of alkyl halides is 3. The Bertz CT molecular complexity index is 1200. The van der Waals surface area contributed by atoms with Crippen LogP contribution in [0.1, 0.15) is 24.7 Å². The first-order valence-electron chi connectivity index (χ1n) is 10.6. The lowest BCUT2D eigenvalue weighted by molar-refractivity contribution is -0.0813. The van der Waals surface area contributed by atoms with Crippen LogP contribution < -0.4 is 20.7 Å². The topological polar surface area (TPSA) is 89.2 Å². The number of aryl methyl sites for hydroxylation is 1. The summed E-state index contributed by atoms with van der Waals surface area (Å²) in [6.45, 7) is 2.96. The first-order chi connectivity index (χ1) is 16.8. The number of nitrogens with zero attached hydrogens (tertiary/aromatic N) is 4. The molecule has 0 unspecified atom stereocenters. The monoisotopic (exact) mass is 538 g/mol. The van der Waals surface area contributed by atoms with Gasteiger partial charge in [0.15, 0.2) is 17.5 Å². The van der Waals surface area contributed by atoms with E-state index in [4.69, 9.17) is 22.1 Å². The molecule has 0 radical (unpaired) electrons. The van der Waals surface area contributed by atoms with E-state index < -0.39 is 46.1 Å². The highest BCUT2D eigenvalue weighted by Crippen LogP contribution is 2.33. The second-order valence-corrected chi connectivity index (χ2v) is 7.95. The van der Waals surface area contributed by atoms with Crippen molar-refractivity contribution in [2.45, 2.75) is 25.9 Å². The van der Waals surface area contributed by atoms with Crippen LogP contribution in [0.5, 0.6) is 6.01 Å². The number of anilines is 1. The first kappa shape index (κ1) is 29.2. The van der Waals surface area contributed by atoms with Crippen molar-refractivity contribution in [3.05, 3.63) is 45.7 Å². The molecule has 0 aliphatic heterocycles. The van der Waals surface area contributed by atoms with Gasteiger partial charge in [-0.1, -0.05) is 24.9 Å². The van der Waals surface area contributed by atoms with E-state index in [-0.39, 0.29) is 11.5 Å². The van der Waals surface area contributed by atoms with Gasteiger partial charge in [-0.05, 0) is 19.5 Å². The number of allylic oxidation sites excluding steroid dienone is 4. The van der Waals surface area contributed by atoms with Gasteiger partial charge in [0.2, 0.25) is 0 Å². The van der Waals surface area contributed by atoms with Gasteiger partial charge in [-0.2, -0.15) is 23.1 Å². The quantitative estimate of drug-likeness (QED) is 0.328. The molecule has 7 nitrogen and oxygen atoms in total. The number of hydrogen-bond acceptors (Lipinski definition) is 7. The third kappa shape index (κ3) is 7.00. The molecule has 2 heterocycles. The number of fused-ring (bicyclic) bond motifs is 1. The van der Waals surface area contributed by atoms with Crippen molar-refractivity contribution in [3.8, 4) is 6.01 Å². The zero-order valence-corrected chi connectivity index (χ0v) is 20.7. The maximum Gasteiger partial charge on any atom is 0.412 e. The van der Waals surface area contributed by atoms with Gasteiger partial charge in [0, 0.05) is 20.1 Å². The third-order valence-corrected chi connectivity index (χ3v) is 5.14. The minimum Gasteiger partial charge on any atom is -0.467 e. The fourth-order valence-corrected chi connectivity index (χ4v) is 3.32. The molecule has 0 aliphatic carbocycles. The number of likely N-dealkylation sites (N-methyl/N-ethyl adjacent to an activating group) is 2. The Morgan fingerprint density at radius 2 is 1.89 bits per heavy atom. The molecule has 36 heavy (non-hydrogen) atoms. The first-order valence-corrected chi connectivity index (χ1v) is 11.0. The smallest absolute Gasteiger partial charge is 0.412 e. The highest BCUT2D eigenvalue weighted by atomic mass is 35.5. The Morgan fingerprint density at radius 3 is 2.44 bits per heavy atom. The average Bonchev–Trinajstić information content (AvgIpc) is 2.82. The normalized spacial score (nSPS) is 13.8. The van der Waals surface area contributed by atoms with Gasteiger partial charge in [0.05, 0.1) is 35.0 Å². The van der Waals surface area contributed by atoms with Crippen LogP contribution >= 0.6 is 11.6 Å². The molecule has 14 heteroatoms. The molecule has 0 saturated carbocycles. The summed E-state index contributed by atoms with van der Waals surface area (Å²) in [7, 11) is 4.82. The van der Waals surface area contributed by atoms with Gasteiger partial charge in [-0.3, -0.25) is 0 Å². The minimum atomic E-state index is -5.13. The largest absolute Gasteiger partial charge is 0.467 e. The summed E-state index contributed by atoms with van der Waals surface area (Å²) in [6, 6.07) is -0.132. The van der Waals surface area contributed by atoms with E-state index in [9.17, 15) is 22.0 Å². The van der Waals surface area contributed by atoms with E-state index in [2.05, 4.69) is 20.3 Å². The lowest BCUT2D eigenvalue weighted by Crippen LogP contribution is -2.28. The number of ether oxygens (including phenoxy) is 1. The van der Waals surface area contributed by atoms with Gasteiger partial charge in [0.25, 0.3) is 0 Å². The second kappa shape index (κ2) is 12.3. The summed E-state index contributed by atoms with van der Waals surface area (Å²) < 4.78 is 85.4. The van der Waals surface area contributed by atoms with Gasteiger partial charge in [-0.15, -0.1) is 0 Å². The molecule has 0 fully saturated rings. The van der Waals surface area contributed by atoms with Crippen molar-refractivity contribution in [1.29, 1.82) is 0 Å². The molecule has 2 aromatic rings. The molecule has 2 aromatic heterocycles. The molecule has 0 atom stereocenters. The zero-order chi connectivity index (χ0) is 27.2. The molecular weight excluding hydrogens is 514 g/mol. The van der Waals surface area contributed by atoms with Crippen LogP contribution in [0.2, 0.25) is 0 Å². The number of hydrogen-bond donors (Lipinski definition) is 2. The van der Waals surface area contributed by atoms with Crippen molar-refractivity contribution in [2.24, 2.45) is 5.73 Å². The summed E-state index contributed by atoms with van der Waals surface area (Å²) in [6.07, 6.45) is -4.30. The maximum absolute atomic E-state index is 15.6. The predicted molar refractivity (Wildman–Crippen MR) is 126 cm³/mol. The van der Waals surface area contributed by atoms with Gasteiger partial charge in [-0.25, -0.2) is 18.2 Å². The highest BCUT2D eigenvalue weighted by Gasteiger charge is 2.28. The van der Waals surface area contributed by atoms with Crippen LogP contribution in [0.15, 0.2) is 28.5 Å². The number of nitrogens with two attached hydrogens (primary N) is 1. The fourth-order valence-electron chi connectivity index (χ4n) is 3.13. The molecule has 198 valence electrons. The van der Waals surface area contributed by atoms with Crippen LogP contribution in [0, 0.1) is 5.82 Å². The summed E-state index contributed by atoms with van der Waals surface area (Å²) in [5, 5.41) is 2.55. The van der Waals surface area contributed by atoms with Crippen LogP contribution in [0.25, 0.3) is 17.0 Å². The number of methoxy groups -OCH3 is 1. The Hall–Kier alpha value is -3.06. The van der Waals surface area contributed by atoms with E-state index in [0.717, 1.165) is 6.08 Å². The summed E-state index contributed by atoms with van der Waals surface area (Å²) in [5.41, 5.74) is 4.00. The van der Waals surface area contributed by atoms with Crippen LogP contribution in [-0.2, 0) is 6.42 Å². The third-order valence-electron chi connectivity index (χ3n) is 4.83. The van der Waals surface area contributed by atoms with Gasteiger partial charge < -0.3 is 20.7 Å². The summed E-state index contributed by atoms with van der Waals surface area (Å²) in [4.78, 5) is 14.5. The standard InChI is InChI=1S/C22H25ClF6N6O/c1-5-6-13-15-19(33-21(36-4)34-20(15)35(3)8-7-31-2)17(26)14(32-13)9-11(23)18(30)16(25)12(24)10-22(27,28)29/h9-10,31H,5-8,30H2,1-4H3/b11-9-,12-10-,18-16-. The van der Waals surface area contributed by atoms with Crippen LogP contribution in [0.4, 0.5) is 32.2 Å². The Labute approximate surface area is 208 Å². The molecule has 2 rings (SSSR count). The van der Waals surface area contributed by atoms with Crippen molar-refractivity contribution >= 4 is 34.4 Å². The lowest BCUT2D eigenvalue weighted by atomic mass is 10.1. The number of pyridine rings is 1. The predicted octanol–water partition coefficient (Wildman–Crippen LogP) is 4.92. The molecule has 0 aromatic carbocycles. The maximum atomic E-state index is 15.6. The van der Waals surface area contributed by atoms with Crippen molar-refractivity contribution in [1.82, 2.24) is 20.3 Å². The molecule has 0 saturated heterocycles. The van der Waals surface area contributed by atoms with E-state index in [1.54, 1.807) is 19.0 Å². The van der Waals surface area contributed by atoms with Crippen LogP contribution in [0.3, 0.4) is 0 Å². The van der Waals surface area contributed by atoms with E-state index in [1.807, 2.05) is 6.92 Å². The van der Waals surface area contributed by atoms with E-state index >= 15 is 4.39 Å². The highest BCUT2D eigenvalue weighted by molar-refractivity contribution is 6.34. The Kier molecular flexibility index (Phi) is 9.93. The van der Waals surface area contributed by atoms with Gasteiger partial charge in [0.1, 0.15) is 17.0 Å². The SMILES string of the molecule is CCCc1nc(/C=C(Cl)/C(N)=C(F)\C(F)=C\C(F)(F)F)c(F)c2nc(OC)nc(N(C)CCNC)c12. The molecule has 3 N–H and O–H groups in total. The zero-order valence-electron chi connectivity index (χ0n) is 19.9. The number of halogens is 7. The van der Waals surface area contributed by atoms with Gasteiger partial charge >= 0.3 is 12.2 Å². The van der Waals surface area contributed by atoms with Crippen molar-refractivity contribution in [3.63, 3.8) is 0 Å². The second-order valence-electron chi connectivity index (χ2n) is 7.54. The summed E-state index contributed by atoms with van der Waals surface area (Å²) >= 11 is 5.91. The van der Waals surface area contributed by atoms with E-state index in [1.165, 1.54) is 7.11 Å². The molecule has 0 spiro atoms. The fraction of sp³-hybridized carbons (Fsp3) is 0.409. The van der Waals surface area contributed by atoms with Crippen molar-refractivity contribution in [2.75, 3.05) is 39.2 Å². The molecular formula is C22H25ClF6N6O.